The molecule has 6 aromatic rings. The highest BCUT2D eigenvalue weighted by Gasteiger charge is 2.84. The number of nitrogens with zero attached hydrogens (tertiary/aromatic N) is 1. The van der Waals surface area contributed by atoms with Gasteiger partial charge in [-0.15, -0.1) is 0 Å². The summed E-state index contributed by atoms with van der Waals surface area (Å²) in [5.74, 6) is 3.49. The Morgan fingerprint density at radius 1 is 0.600 bits per heavy atom. The molecule has 12 rings (SSSR count). The Morgan fingerprint density at radius 3 is 2.16 bits per heavy atom. The van der Waals surface area contributed by atoms with E-state index in [1.165, 1.54) is 88.6 Å². The fourth-order valence-electron chi connectivity index (χ4n) is 13.8. The van der Waals surface area contributed by atoms with Crippen LogP contribution in [-0.2, 0) is 16.2 Å². The first-order valence-corrected chi connectivity index (χ1v) is 19.3. The molecule has 2 heteroatoms. The molecule has 2 bridgehead atoms. The molecule has 5 aromatic carbocycles. The van der Waals surface area contributed by atoms with Crippen LogP contribution >= 0.6 is 0 Å². The van der Waals surface area contributed by atoms with Gasteiger partial charge in [-0.1, -0.05) is 100 Å². The third-order valence-electron chi connectivity index (χ3n) is 15.6. The van der Waals surface area contributed by atoms with Crippen LogP contribution in [0.4, 0.5) is 17.1 Å². The summed E-state index contributed by atoms with van der Waals surface area (Å²) >= 11 is 0. The number of para-hydroxylation sites is 1. The van der Waals surface area contributed by atoms with Crippen molar-refractivity contribution in [3.63, 3.8) is 0 Å². The van der Waals surface area contributed by atoms with Crippen molar-refractivity contribution in [2.24, 2.45) is 29.1 Å². The monoisotopic (exact) mass is 651 g/mol. The van der Waals surface area contributed by atoms with Gasteiger partial charge in [-0.25, -0.2) is 0 Å². The van der Waals surface area contributed by atoms with Crippen LogP contribution in [0.2, 0.25) is 0 Å². The standard InChI is InChI=1S/C48H45NO/c1-45(2)22-23-46(3,4)44-34(45)16-10-19-37(44)49(36-18-11-21-39-43(36)31-13-6-8-20-38(31)50-39)35-17-9-15-33-42(35)30-12-5-7-14-32(30)48(33)40-25-28-24-29-26-41(48)47(29,40)27-28/h5-21,28-29,40-41H,22-27H2,1-4H3/t28?,29-,40?,41?,47?,48?/m0/s1. The van der Waals surface area contributed by atoms with E-state index in [2.05, 4.69) is 136 Å². The van der Waals surface area contributed by atoms with E-state index in [0.29, 0.717) is 5.41 Å². The Kier molecular flexibility index (Phi) is 5.08. The molecule has 6 aliphatic rings. The van der Waals surface area contributed by atoms with E-state index in [4.69, 9.17) is 4.42 Å². The summed E-state index contributed by atoms with van der Waals surface area (Å²) in [6.07, 6.45) is 8.20. The molecule has 4 fully saturated rings. The van der Waals surface area contributed by atoms with E-state index in [0.717, 1.165) is 34.8 Å². The second kappa shape index (κ2) is 8.94. The first kappa shape index (κ1) is 28.4. The quantitative estimate of drug-likeness (QED) is 0.189. The van der Waals surface area contributed by atoms with E-state index in [9.17, 15) is 0 Å². The van der Waals surface area contributed by atoms with Gasteiger partial charge in [0.1, 0.15) is 11.2 Å². The van der Waals surface area contributed by atoms with Crippen LogP contribution in [-0.4, -0.2) is 0 Å². The van der Waals surface area contributed by atoms with Crippen molar-refractivity contribution in [3.05, 3.63) is 125 Å². The maximum absolute atomic E-state index is 6.58. The lowest BCUT2D eigenvalue weighted by Gasteiger charge is -2.76. The minimum Gasteiger partial charge on any atom is -0.456 e. The van der Waals surface area contributed by atoms with Gasteiger partial charge in [0.05, 0.1) is 22.4 Å². The summed E-state index contributed by atoms with van der Waals surface area (Å²) in [5.41, 5.74) is 15.8. The molecule has 0 radical (unpaired) electrons. The molecular weight excluding hydrogens is 607 g/mol. The van der Waals surface area contributed by atoms with Crippen molar-refractivity contribution < 1.29 is 4.42 Å². The molecule has 6 aliphatic carbocycles. The maximum atomic E-state index is 6.58. The van der Waals surface area contributed by atoms with Gasteiger partial charge in [0.25, 0.3) is 0 Å². The number of benzene rings is 5. The molecule has 1 aromatic heterocycles. The van der Waals surface area contributed by atoms with Gasteiger partial charge in [0, 0.05) is 16.4 Å². The van der Waals surface area contributed by atoms with Gasteiger partial charge < -0.3 is 9.32 Å². The number of fused-ring (bicyclic) bond motifs is 12. The van der Waals surface area contributed by atoms with Crippen LogP contribution in [0.5, 0.6) is 0 Å². The highest BCUT2D eigenvalue weighted by Crippen LogP contribution is 2.89. The van der Waals surface area contributed by atoms with Crippen LogP contribution in [0.25, 0.3) is 33.1 Å². The molecule has 1 heterocycles. The van der Waals surface area contributed by atoms with Crippen LogP contribution in [0, 0.1) is 29.1 Å². The normalized spacial score (nSPS) is 31.2. The lowest BCUT2D eigenvalue weighted by atomic mass is 9.27. The van der Waals surface area contributed by atoms with Gasteiger partial charge >= 0.3 is 0 Å². The SMILES string of the molecule is CC1(C)CCC(C)(C)c2c(N(c3cccc4c3-c3ccccc3C43C4CC5C[C@H]6CC3C46C5)c3cccc4oc5ccccc5c34)cccc21. The van der Waals surface area contributed by atoms with Crippen LogP contribution < -0.4 is 4.90 Å². The highest BCUT2D eigenvalue weighted by atomic mass is 16.3. The first-order chi connectivity index (χ1) is 24.2. The Labute approximate surface area is 295 Å². The molecular formula is C48H45NO. The number of hydrogen-bond donors (Lipinski definition) is 0. The minimum atomic E-state index is 0.0352. The van der Waals surface area contributed by atoms with Gasteiger partial charge in [0.2, 0.25) is 0 Å². The molecule has 0 N–H and O–H groups in total. The Bertz CT molecular complexity index is 2460. The molecule has 2 spiro atoms. The zero-order valence-corrected chi connectivity index (χ0v) is 29.7. The average Bonchev–Trinajstić information content (AvgIpc) is 3.85. The van der Waals surface area contributed by atoms with E-state index >= 15 is 0 Å². The predicted molar refractivity (Wildman–Crippen MR) is 205 cm³/mol. The number of anilines is 3. The van der Waals surface area contributed by atoms with Gasteiger partial charge in [-0.3, -0.25) is 0 Å². The molecule has 0 aliphatic heterocycles. The lowest BCUT2D eigenvalue weighted by Crippen LogP contribution is -2.73. The zero-order valence-electron chi connectivity index (χ0n) is 29.7. The molecule has 0 amide bonds. The summed E-state index contributed by atoms with van der Waals surface area (Å²) < 4.78 is 6.58. The van der Waals surface area contributed by atoms with Crippen molar-refractivity contribution in [2.45, 2.75) is 82.5 Å². The van der Waals surface area contributed by atoms with Crippen molar-refractivity contribution >= 4 is 39.0 Å². The van der Waals surface area contributed by atoms with Crippen LogP contribution in [0.1, 0.15) is 88.5 Å². The summed E-state index contributed by atoms with van der Waals surface area (Å²) in [6, 6.07) is 39.5. The lowest BCUT2D eigenvalue weighted by molar-refractivity contribution is -0.231. The Morgan fingerprint density at radius 2 is 1.28 bits per heavy atom. The van der Waals surface area contributed by atoms with Crippen molar-refractivity contribution in [2.75, 3.05) is 4.90 Å². The number of rotatable bonds is 3. The third kappa shape index (κ3) is 3.05. The number of furan rings is 1. The fraction of sp³-hybridized carbons (Fsp3) is 0.375. The summed E-state index contributed by atoms with van der Waals surface area (Å²) in [6.45, 7) is 9.86. The highest BCUT2D eigenvalue weighted by molar-refractivity contribution is 6.14. The second-order valence-corrected chi connectivity index (χ2v) is 18.4. The summed E-state index contributed by atoms with van der Waals surface area (Å²) in [5, 5.41) is 2.38. The zero-order chi connectivity index (χ0) is 33.4. The predicted octanol–water partition coefficient (Wildman–Crippen LogP) is 12.7. The molecule has 6 atom stereocenters. The van der Waals surface area contributed by atoms with E-state index in [1.54, 1.807) is 11.1 Å². The minimum absolute atomic E-state index is 0.0352. The second-order valence-electron chi connectivity index (χ2n) is 18.4. The Balaban J connectivity index is 1.19. The largest absolute Gasteiger partial charge is 0.456 e. The van der Waals surface area contributed by atoms with E-state index in [-0.39, 0.29) is 16.2 Å². The van der Waals surface area contributed by atoms with Crippen LogP contribution in [0.15, 0.2) is 108 Å². The summed E-state index contributed by atoms with van der Waals surface area (Å²) in [4.78, 5) is 2.68. The average molecular weight is 652 g/mol. The number of hydrogen-bond acceptors (Lipinski definition) is 2. The van der Waals surface area contributed by atoms with Crippen molar-refractivity contribution in [3.8, 4) is 11.1 Å². The first-order valence-electron chi connectivity index (χ1n) is 19.3. The molecule has 2 nitrogen and oxygen atoms in total. The van der Waals surface area contributed by atoms with Gasteiger partial charge in [-0.05, 0) is 137 Å². The Hall–Kier alpha value is -4.30. The maximum Gasteiger partial charge on any atom is 0.137 e. The van der Waals surface area contributed by atoms with Crippen LogP contribution in [0.3, 0.4) is 0 Å². The topological polar surface area (TPSA) is 16.4 Å². The van der Waals surface area contributed by atoms with Gasteiger partial charge in [0.15, 0.2) is 0 Å². The molecule has 248 valence electrons. The van der Waals surface area contributed by atoms with Gasteiger partial charge in [-0.2, -0.15) is 0 Å². The fourth-order valence-corrected chi connectivity index (χ4v) is 13.8. The third-order valence-corrected chi connectivity index (χ3v) is 15.6. The molecule has 0 saturated heterocycles. The molecule has 50 heavy (non-hydrogen) atoms. The molecule has 5 unspecified atom stereocenters. The smallest absolute Gasteiger partial charge is 0.137 e. The van der Waals surface area contributed by atoms with E-state index < -0.39 is 0 Å². The summed E-state index contributed by atoms with van der Waals surface area (Å²) in [7, 11) is 0. The molecule has 4 saturated carbocycles. The van der Waals surface area contributed by atoms with E-state index in [1.807, 2.05) is 0 Å². The van der Waals surface area contributed by atoms with Crippen molar-refractivity contribution in [1.82, 2.24) is 0 Å². The van der Waals surface area contributed by atoms with Crippen molar-refractivity contribution in [1.29, 1.82) is 0 Å².